The Labute approximate surface area is 128 Å². The summed E-state index contributed by atoms with van der Waals surface area (Å²) < 4.78 is 0. The summed E-state index contributed by atoms with van der Waals surface area (Å²) in [5, 5.41) is 5.76. The van der Waals surface area contributed by atoms with Crippen molar-refractivity contribution in [3.8, 4) is 0 Å². The number of anilines is 1. The van der Waals surface area contributed by atoms with Crippen molar-refractivity contribution < 1.29 is 14.4 Å². The molecule has 0 aliphatic carbocycles. The minimum Gasteiger partial charge on any atom is -0.349 e. The van der Waals surface area contributed by atoms with Crippen LogP contribution in [-0.2, 0) is 16.0 Å². The Kier molecular flexibility index (Phi) is 3.83. The molecule has 1 aromatic carbocycles. The van der Waals surface area contributed by atoms with Gasteiger partial charge in [0.1, 0.15) is 0 Å². The van der Waals surface area contributed by atoms with Gasteiger partial charge in [-0.25, -0.2) is 0 Å². The van der Waals surface area contributed by atoms with Crippen molar-refractivity contribution in [3.05, 3.63) is 29.3 Å². The van der Waals surface area contributed by atoms with Crippen LogP contribution in [-0.4, -0.2) is 41.8 Å². The van der Waals surface area contributed by atoms with Crippen molar-refractivity contribution in [1.82, 2.24) is 10.2 Å². The number of hydrogen-bond donors (Lipinski definition) is 2. The SMILES string of the molecule is CC(=O)N1CCC(NC(=O)c2ccc3c(c2)NC(=O)C3)CC1. The Morgan fingerprint density at radius 2 is 2.00 bits per heavy atom. The van der Waals surface area contributed by atoms with E-state index < -0.39 is 0 Å². The summed E-state index contributed by atoms with van der Waals surface area (Å²) >= 11 is 0. The average Bonchev–Trinajstić information content (AvgIpc) is 2.86. The van der Waals surface area contributed by atoms with Crippen molar-refractivity contribution in [2.45, 2.75) is 32.2 Å². The number of carbonyl (C=O) groups excluding carboxylic acids is 3. The van der Waals surface area contributed by atoms with Gasteiger partial charge in [0.15, 0.2) is 0 Å². The largest absolute Gasteiger partial charge is 0.349 e. The van der Waals surface area contributed by atoms with Crippen LogP contribution in [0.3, 0.4) is 0 Å². The van der Waals surface area contributed by atoms with Crippen LogP contribution in [0, 0.1) is 0 Å². The molecule has 1 saturated heterocycles. The second-order valence-electron chi connectivity index (χ2n) is 5.85. The fraction of sp³-hybridized carbons (Fsp3) is 0.438. The van der Waals surface area contributed by atoms with E-state index in [0.29, 0.717) is 25.1 Å². The Balaban J connectivity index is 1.60. The predicted molar refractivity (Wildman–Crippen MR) is 81.5 cm³/mol. The molecule has 0 spiro atoms. The fourth-order valence-corrected chi connectivity index (χ4v) is 2.96. The number of carbonyl (C=O) groups is 3. The Hall–Kier alpha value is -2.37. The van der Waals surface area contributed by atoms with Crippen LogP contribution in [0.4, 0.5) is 5.69 Å². The zero-order chi connectivity index (χ0) is 15.7. The molecular weight excluding hydrogens is 282 g/mol. The van der Waals surface area contributed by atoms with Gasteiger partial charge in [0.2, 0.25) is 11.8 Å². The molecule has 0 unspecified atom stereocenters. The molecule has 0 aromatic heterocycles. The Morgan fingerprint density at radius 3 is 2.68 bits per heavy atom. The second-order valence-corrected chi connectivity index (χ2v) is 5.85. The van der Waals surface area contributed by atoms with Gasteiger partial charge in [-0.3, -0.25) is 14.4 Å². The molecule has 3 rings (SSSR count). The van der Waals surface area contributed by atoms with Gasteiger partial charge < -0.3 is 15.5 Å². The van der Waals surface area contributed by atoms with Gasteiger partial charge in [-0.05, 0) is 30.5 Å². The maximum absolute atomic E-state index is 12.3. The van der Waals surface area contributed by atoms with E-state index in [2.05, 4.69) is 10.6 Å². The van der Waals surface area contributed by atoms with Crippen LogP contribution in [0.15, 0.2) is 18.2 Å². The summed E-state index contributed by atoms with van der Waals surface area (Å²) in [5.74, 6) is -0.0893. The molecule has 0 bridgehead atoms. The number of amides is 3. The molecular formula is C16H19N3O3. The molecule has 0 radical (unpaired) electrons. The zero-order valence-electron chi connectivity index (χ0n) is 12.5. The van der Waals surface area contributed by atoms with Crippen LogP contribution in [0.2, 0.25) is 0 Å². The van der Waals surface area contributed by atoms with E-state index in [4.69, 9.17) is 0 Å². The van der Waals surface area contributed by atoms with Gasteiger partial charge in [0.25, 0.3) is 5.91 Å². The summed E-state index contributed by atoms with van der Waals surface area (Å²) in [7, 11) is 0. The minimum atomic E-state index is -0.134. The molecule has 2 heterocycles. The van der Waals surface area contributed by atoms with E-state index >= 15 is 0 Å². The molecule has 2 aliphatic heterocycles. The average molecular weight is 301 g/mol. The van der Waals surface area contributed by atoms with Gasteiger partial charge in [-0.2, -0.15) is 0 Å². The number of hydrogen-bond acceptors (Lipinski definition) is 3. The highest BCUT2D eigenvalue weighted by atomic mass is 16.2. The number of nitrogens with one attached hydrogen (secondary N) is 2. The topological polar surface area (TPSA) is 78.5 Å². The first-order chi connectivity index (χ1) is 10.5. The fourth-order valence-electron chi connectivity index (χ4n) is 2.96. The predicted octanol–water partition coefficient (Wildman–Crippen LogP) is 0.922. The van der Waals surface area contributed by atoms with E-state index in [9.17, 15) is 14.4 Å². The van der Waals surface area contributed by atoms with Crippen molar-refractivity contribution in [2.24, 2.45) is 0 Å². The van der Waals surface area contributed by atoms with Gasteiger partial charge >= 0.3 is 0 Å². The van der Waals surface area contributed by atoms with Gasteiger partial charge in [-0.1, -0.05) is 6.07 Å². The van der Waals surface area contributed by atoms with E-state index in [0.717, 1.165) is 24.1 Å². The number of likely N-dealkylation sites (tertiary alicyclic amines) is 1. The quantitative estimate of drug-likeness (QED) is 0.852. The molecule has 1 aromatic rings. The Morgan fingerprint density at radius 1 is 1.27 bits per heavy atom. The minimum absolute atomic E-state index is 0.0378. The zero-order valence-corrected chi connectivity index (χ0v) is 12.5. The van der Waals surface area contributed by atoms with E-state index in [-0.39, 0.29) is 23.8 Å². The van der Waals surface area contributed by atoms with E-state index in [1.807, 2.05) is 6.07 Å². The smallest absolute Gasteiger partial charge is 0.251 e. The summed E-state index contributed by atoms with van der Waals surface area (Å²) in [6.45, 7) is 2.93. The molecule has 2 N–H and O–H groups in total. The molecule has 6 nitrogen and oxygen atoms in total. The monoisotopic (exact) mass is 301 g/mol. The van der Waals surface area contributed by atoms with Crippen LogP contribution < -0.4 is 10.6 Å². The number of rotatable bonds is 2. The molecule has 116 valence electrons. The van der Waals surface area contributed by atoms with Crippen molar-refractivity contribution in [1.29, 1.82) is 0 Å². The summed E-state index contributed by atoms with van der Waals surface area (Å²) in [6.07, 6.45) is 1.92. The molecule has 0 saturated carbocycles. The lowest BCUT2D eigenvalue weighted by molar-refractivity contribution is -0.129. The summed E-state index contributed by atoms with van der Waals surface area (Å²) in [6, 6.07) is 5.38. The van der Waals surface area contributed by atoms with Crippen molar-refractivity contribution >= 4 is 23.4 Å². The molecule has 1 fully saturated rings. The van der Waals surface area contributed by atoms with Gasteiger partial charge in [0.05, 0.1) is 6.42 Å². The molecule has 2 aliphatic rings. The number of piperidine rings is 1. The van der Waals surface area contributed by atoms with E-state index in [1.165, 1.54) is 0 Å². The number of nitrogens with zero attached hydrogens (tertiary/aromatic N) is 1. The van der Waals surface area contributed by atoms with Crippen molar-refractivity contribution in [3.63, 3.8) is 0 Å². The molecule has 3 amide bonds. The lowest BCUT2D eigenvalue weighted by atomic mass is 10.0. The molecule has 0 atom stereocenters. The van der Waals surface area contributed by atoms with E-state index in [1.54, 1.807) is 24.0 Å². The second kappa shape index (κ2) is 5.79. The third-order valence-corrected chi connectivity index (χ3v) is 4.27. The first-order valence-electron chi connectivity index (χ1n) is 7.52. The highest BCUT2D eigenvalue weighted by molar-refractivity contribution is 6.02. The van der Waals surface area contributed by atoms with Crippen molar-refractivity contribution in [2.75, 3.05) is 18.4 Å². The number of benzene rings is 1. The van der Waals surface area contributed by atoms with Crippen LogP contribution in [0.5, 0.6) is 0 Å². The lowest BCUT2D eigenvalue weighted by Crippen LogP contribution is -2.46. The Bertz CT molecular complexity index is 634. The number of fused-ring (bicyclic) bond motifs is 1. The first-order valence-corrected chi connectivity index (χ1v) is 7.52. The highest BCUT2D eigenvalue weighted by Gasteiger charge is 2.23. The van der Waals surface area contributed by atoms with Gasteiger partial charge in [0, 0.05) is 37.3 Å². The van der Waals surface area contributed by atoms with Crippen LogP contribution in [0.1, 0.15) is 35.7 Å². The van der Waals surface area contributed by atoms with Crippen LogP contribution in [0.25, 0.3) is 0 Å². The van der Waals surface area contributed by atoms with Crippen LogP contribution >= 0.6 is 0 Å². The maximum Gasteiger partial charge on any atom is 0.251 e. The third kappa shape index (κ3) is 2.95. The maximum atomic E-state index is 12.3. The first kappa shape index (κ1) is 14.6. The highest BCUT2D eigenvalue weighted by Crippen LogP contribution is 2.24. The summed E-state index contributed by atoms with van der Waals surface area (Å²) in [5.41, 5.74) is 2.20. The normalized spacial score (nSPS) is 17.9. The third-order valence-electron chi connectivity index (χ3n) is 4.27. The lowest BCUT2D eigenvalue weighted by Gasteiger charge is -2.31. The molecule has 6 heteroatoms. The molecule has 22 heavy (non-hydrogen) atoms. The standard InChI is InChI=1S/C16H19N3O3/c1-10(20)19-6-4-13(5-7-19)17-16(22)12-3-2-11-9-15(21)18-14(11)8-12/h2-3,8,13H,4-7,9H2,1H3,(H,17,22)(H,18,21). The van der Waals surface area contributed by atoms with Gasteiger partial charge in [-0.15, -0.1) is 0 Å². The summed E-state index contributed by atoms with van der Waals surface area (Å²) in [4.78, 5) is 36.7.